The molecule has 0 aliphatic carbocycles. The lowest BCUT2D eigenvalue weighted by Gasteiger charge is -2.04. The van der Waals surface area contributed by atoms with Gasteiger partial charge in [-0.2, -0.15) is 5.26 Å². The summed E-state index contributed by atoms with van der Waals surface area (Å²) in [6.45, 7) is 0. The summed E-state index contributed by atoms with van der Waals surface area (Å²) in [5.74, 6) is -0.566. The first-order valence-corrected chi connectivity index (χ1v) is 4.45. The van der Waals surface area contributed by atoms with E-state index in [1.165, 1.54) is 0 Å². The predicted octanol–water partition coefficient (Wildman–Crippen LogP) is 1.81. The van der Waals surface area contributed by atoms with Crippen molar-refractivity contribution in [3.63, 3.8) is 0 Å². The number of nitriles is 1. The summed E-state index contributed by atoms with van der Waals surface area (Å²) in [5.41, 5.74) is 5.89. The van der Waals surface area contributed by atoms with Crippen LogP contribution >= 0.6 is 0 Å². The highest BCUT2D eigenvalue weighted by Gasteiger charge is 2.11. The topological polar surface area (TPSA) is 66.9 Å². The molecule has 0 atom stereocenters. The summed E-state index contributed by atoms with van der Waals surface area (Å²) < 4.78 is 0. The summed E-state index contributed by atoms with van der Waals surface area (Å²) in [7, 11) is 0. The minimum Gasteiger partial charge on any atom is -0.366 e. The Labute approximate surface area is 86.7 Å². The molecule has 2 aromatic carbocycles. The SMILES string of the molecule is N#Cc1ccc2ccccc2c1C(N)=O. The number of fused-ring (bicyclic) bond motifs is 1. The molecule has 0 heterocycles. The maximum atomic E-state index is 11.3. The molecule has 0 bridgehead atoms. The summed E-state index contributed by atoms with van der Waals surface area (Å²) in [5, 5.41) is 10.5. The lowest BCUT2D eigenvalue weighted by Crippen LogP contribution is -2.13. The van der Waals surface area contributed by atoms with Crippen LogP contribution in [0.25, 0.3) is 10.8 Å². The molecular formula is C12H8N2O. The Morgan fingerprint density at radius 2 is 1.93 bits per heavy atom. The van der Waals surface area contributed by atoms with E-state index in [1.54, 1.807) is 18.2 Å². The van der Waals surface area contributed by atoms with E-state index in [9.17, 15) is 4.79 Å². The second-order valence-electron chi connectivity index (χ2n) is 3.19. The molecule has 3 nitrogen and oxygen atoms in total. The minimum atomic E-state index is -0.566. The lowest BCUT2D eigenvalue weighted by molar-refractivity contribution is 0.100. The first kappa shape index (κ1) is 9.22. The van der Waals surface area contributed by atoms with Gasteiger partial charge in [0.1, 0.15) is 0 Å². The Balaban J connectivity index is 2.92. The van der Waals surface area contributed by atoms with Gasteiger partial charge in [-0.15, -0.1) is 0 Å². The molecule has 1 amide bonds. The number of carbonyl (C=O) groups excluding carboxylic acids is 1. The zero-order valence-corrected chi connectivity index (χ0v) is 7.90. The number of hydrogen-bond donors (Lipinski definition) is 1. The molecule has 72 valence electrons. The van der Waals surface area contributed by atoms with E-state index in [0.717, 1.165) is 10.8 Å². The maximum absolute atomic E-state index is 11.3. The Kier molecular flexibility index (Phi) is 2.11. The molecule has 0 aliphatic heterocycles. The van der Waals surface area contributed by atoms with E-state index in [0.29, 0.717) is 11.1 Å². The molecule has 0 aliphatic rings. The van der Waals surface area contributed by atoms with Crippen LogP contribution in [0.15, 0.2) is 36.4 Å². The number of nitrogens with zero attached hydrogens (tertiary/aromatic N) is 1. The molecule has 3 heteroatoms. The molecule has 0 unspecified atom stereocenters. The summed E-state index contributed by atoms with van der Waals surface area (Å²) in [4.78, 5) is 11.3. The molecule has 0 saturated heterocycles. The second-order valence-corrected chi connectivity index (χ2v) is 3.19. The minimum absolute atomic E-state index is 0.301. The van der Waals surface area contributed by atoms with Gasteiger partial charge in [0.25, 0.3) is 5.91 Å². The van der Waals surface area contributed by atoms with Crippen LogP contribution in [0, 0.1) is 11.3 Å². The fourth-order valence-corrected chi connectivity index (χ4v) is 1.63. The molecule has 15 heavy (non-hydrogen) atoms. The Bertz CT molecular complexity index is 582. The smallest absolute Gasteiger partial charge is 0.250 e. The van der Waals surface area contributed by atoms with E-state index < -0.39 is 5.91 Å². The quantitative estimate of drug-likeness (QED) is 0.755. The van der Waals surface area contributed by atoms with Crippen molar-refractivity contribution in [1.82, 2.24) is 0 Å². The molecule has 2 rings (SSSR count). The van der Waals surface area contributed by atoms with E-state index >= 15 is 0 Å². The van der Waals surface area contributed by atoms with Crippen LogP contribution in [-0.4, -0.2) is 5.91 Å². The van der Waals surface area contributed by atoms with Gasteiger partial charge in [0, 0.05) is 0 Å². The zero-order valence-electron chi connectivity index (χ0n) is 7.90. The third-order valence-corrected chi connectivity index (χ3v) is 2.30. The van der Waals surface area contributed by atoms with Crippen molar-refractivity contribution in [2.75, 3.05) is 0 Å². The standard InChI is InChI=1S/C12H8N2O/c13-7-9-6-5-8-3-1-2-4-10(8)11(9)12(14)15/h1-6H,(H2,14,15). The Hall–Kier alpha value is -2.34. The van der Waals surface area contributed by atoms with Crippen LogP contribution in [0.2, 0.25) is 0 Å². The lowest BCUT2D eigenvalue weighted by atomic mass is 9.99. The number of hydrogen-bond acceptors (Lipinski definition) is 2. The van der Waals surface area contributed by atoms with Gasteiger partial charge >= 0.3 is 0 Å². The number of rotatable bonds is 1. The number of benzene rings is 2. The predicted molar refractivity (Wildman–Crippen MR) is 57.2 cm³/mol. The molecule has 0 aromatic heterocycles. The number of primary amides is 1. The fraction of sp³-hybridized carbons (Fsp3) is 0. The van der Waals surface area contributed by atoms with E-state index in [-0.39, 0.29) is 0 Å². The third-order valence-electron chi connectivity index (χ3n) is 2.30. The van der Waals surface area contributed by atoms with Crippen molar-refractivity contribution >= 4 is 16.7 Å². The van der Waals surface area contributed by atoms with Gasteiger partial charge in [-0.1, -0.05) is 30.3 Å². The average Bonchev–Trinajstić information content (AvgIpc) is 2.27. The van der Waals surface area contributed by atoms with Gasteiger partial charge in [-0.25, -0.2) is 0 Å². The van der Waals surface area contributed by atoms with Gasteiger partial charge < -0.3 is 5.73 Å². The average molecular weight is 196 g/mol. The largest absolute Gasteiger partial charge is 0.366 e. The molecule has 2 aromatic rings. The highest BCUT2D eigenvalue weighted by Crippen LogP contribution is 2.21. The van der Waals surface area contributed by atoms with Gasteiger partial charge in [0.05, 0.1) is 17.2 Å². The number of nitrogens with two attached hydrogens (primary N) is 1. The van der Waals surface area contributed by atoms with E-state index in [2.05, 4.69) is 0 Å². The molecule has 0 spiro atoms. The van der Waals surface area contributed by atoms with Crippen LogP contribution in [-0.2, 0) is 0 Å². The summed E-state index contributed by atoms with van der Waals surface area (Å²) in [6.07, 6.45) is 0. The van der Waals surface area contributed by atoms with Gasteiger partial charge in [0.2, 0.25) is 0 Å². The second kappa shape index (κ2) is 3.43. The Morgan fingerprint density at radius 3 is 2.60 bits per heavy atom. The fourth-order valence-electron chi connectivity index (χ4n) is 1.63. The molecule has 2 N–H and O–H groups in total. The highest BCUT2D eigenvalue weighted by molar-refractivity contribution is 6.08. The summed E-state index contributed by atoms with van der Waals surface area (Å²) in [6, 6.07) is 12.7. The van der Waals surface area contributed by atoms with Crippen molar-refractivity contribution in [2.45, 2.75) is 0 Å². The highest BCUT2D eigenvalue weighted by atomic mass is 16.1. The first-order chi connectivity index (χ1) is 7.24. The normalized spacial score (nSPS) is 9.80. The molecular weight excluding hydrogens is 188 g/mol. The molecule has 0 saturated carbocycles. The molecule has 0 radical (unpaired) electrons. The van der Waals surface area contributed by atoms with Crippen LogP contribution in [0.5, 0.6) is 0 Å². The van der Waals surface area contributed by atoms with Crippen LogP contribution in [0.3, 0.4) is 0 Å². The summed E-state index contributed by atoms with van der Waals surface area (Å²) >= 11 is 0. The van der Waals surface area contributed by atoms with Crippen LogP contribution < -0.4 is 5.73 Å². The van der Waals surface area contributed by atoms with Crippen molar-refractivity contribution < 1.29 is 4.79 Å². The first-order valence-electron chi connectivity index (χ1n) is 4.45. The van der Waals surface area contributed by atoms with Crippen molar-refractivity contribution in [3.05, 3.63) is 47.5 Å². The third kappa shape index (κ3) is 1.42. The van der Waals surface area contributed by atoms with Crippen molar-refractivity contribution in [1.29, 1.82) is 5.26 Å². The van der Waals surface area contributed by atoms with Crippen molar-refractivity contribution in [3.8, 4) is 6.07 Å². The van der Waals surface area contributed by atoms with Crippen molar-refractivity contribution in [2.24, 2.45) is 5.73 Å². The van der Waals surface area contributed by atoms with Gasteiger partial charge in [-0.3, -0.25) is 4.79 Å². The molecule has 0 fully saturated rings. The Morgan fingerprint density at radius 1 is 1.20 bits per heavy atom. The monoisotopic (exact) mass is 196 g/mol. The van der Waals surface area contributed by atoms with E-state index in [4.69, 9.17) is 11.0 Å². The van der Waals surface area contributed by atoms with Gasteiger partial charge in [0.15, 0.2) is 0 Å². The van der Waals surface area contributed by atoms with Crippen LogP contribution in [0.1, 0.15) is 15.9 Å². The number of carbonyl (C=O) groups is 1. The maximum Gasteiger partial charge on any atom is 0.250 e. The van der Waals surface area contributed by atoms with Crippen LogP contribution in [0.4, 0.5) is 0 Å². The van der Waals surface area contributed by atoms with Gasteiger partial charge in [-0.05, 0) is 16.8 Å². The zero-order chi connectivity index (χ0) is 10.8. The van der Waals surface area contributed by atoms with E-state index in [1.807, 2.05) is 24.3 Å². The number of amides is 1.